The van der Waals surface area contributed by atoms with Gasteiger partial charge in [0.05, 0.1) is 18.8 Å². The van der Waals surface area contributed by atoms with Crippen LogP contribution >= 0.6 is 0 Å². The van der Waals surface area contributed by atoms with E-state index in [0.29, 0.717) is 5.56 Å². The van der Waals surface area contributed by atoms with Crippen LogP contribution in [0.15, 0.2) is 24.3 Å². The molecule has 1 heterocycles. The lowest BCUT2D eigenvalue weighted by Crippen LogP contribution is -2.60. The number of carbonyl (C=O) groups is 1. The predicted molar refractivity (Wildman–Crippen MR) is 103 cm³/mol. The van der Waals surface area contributed by atoms with Crippen molar-refractivity contribution in [1.82, 2.24) is 5.32 Å². The zero-order chi connectivity index (χ0) is 22.1. The number of hydrogen-bond donors (Lipinski definition) is 1. The number of amides is 1. The van der Waals surface area contributed by atoms with Gasteiger partial charge in [0.1, 0.15) is 11.1 Å². The van der Waals surface area contributed by atoms with E-state index in [2.05, 4.69) is 5.32 Å². The molecule has 1 saturated heterocycles. The minimum Gasteiger partial charge on any atom is -0.444 e. The molecule has 0 aliphatic carbocycles. The average Bonchev–Trinajstić information content (AvgIpc) is 2.54. The molecule has 1 amide bonds. The first-order chi connectivity index (χ1) is 13.1. The van der Waals surface area contributed by atoms with Crippen LogP contribution in [0.1, 0.15) is 51.3 Å². The van der Waals surface area contributed by atoms with Gasteiger partial charge in [-0.15, -0.1) is 0 Å². The molecule has 1 fully saturated rings. The maximum atomic E-state index is 13.2. The van der Waals surface area contributed by atoms with Crippen molar-refractivity contribution < 1.29 is 32.2 Å². The van der Waals surface area contributed by atoms with Gasteiger partial charge >= 0.3 is 12.3 Å². The third-order valence-electron chi connectivity index (χ3n) is 4.27. The quantitative estimate of drug-likeness (QED) is 0.749. The largest absolute Gasteiger partial charge is 0.444 e. The highest BCUT2D eigenvalue weighted by atomic mass is 19.4. The van der Waals surface area contributed by atoms with Gasteiger partial charge in [-0.05, 0) is 58.7 Å². The molecular formula is C21H28F3NO4. The third kappa shape index (κ3) is 6.75. The number of alkyl halides is 3. The van der Waals surface area contributed by atoms with Crippen molar-refractivity contribution in [2.75, 3.05) is 13.2 Å². The van der Waals surface area contributed by atoms with E-state index >= 15 is 0 Å². The van der Waals surface area contributed by atoms with Crippen LogP contribution in [0.5, 0.6) is 0 Å². The molecule has 1 aliphatic rings. The Morgan fingerprint density at radius 3 is 2.28 bits per heavy atom. The van der Waals surface area contributed by atoms with Gasteiger partial charge in [-0.1, -0.05) is 24.3 Å². The molecule has 1 aromatic rings. The Bertz CT molecular complexity index is 769. The highest BCUT2D eigenvalue weighted by Crippen LogP contribution is 2.33. The van der Waals surface area contributed by atoms with E-state index in [0.717, 1.165) is 6.07 Å². The Hall–Kier alpha value is -2.06. The Morgan fingerprint density at radius 1 is 1.17 bits per heavy atom. The molecule has 2 rings (SSSR count). The van der Waals surface area contributed by atoms with Crippen LogP contribution in [0.3, 0.4) is 0 Å². The lowest BCUT2D eigenvalue weighted by atomic mass is 9.97. The van der Waals surface area contributed by atoms with Gasteiger partial charge in [0, 0.05) is 0 Å². The van der Waals surface area contributed by atoms with E-state index in [4.69, 9.17) is 14.2 Å². The summed E-state index contributed by atoms with van der Waals surface area (Å²) < 4.78 is 56.2. The molecule has 29 heavy (non-hydrogen) atoms. The number of halogens is 3. The fourth-order valence-corrected chi connectivity index (χ4v) is 2.71. The minimum absolute atomic E-state index is 0.0771. The van der Waals surface area contributed by atoms with Crippen LogP contribution < -0.4 is 5.32 Å². The summed E-state index contributed by atoms with van der Waals surface area (Å²) in [6.45, 7) is 10.2. The second-order valence-electron chi connectivity index (χ2n) is 8.67. The molecule has 1 aliphatic heterocycles. The molecular weight excluding hydrogens is 387 g/mol. The fourth-order valence-electron chi connectivity index (χ4n) is 2.71. The summed E-state index contributed by atoms with van der Waals surface area (Å²) in [5, 5.41) is 2.73. The zero-order valence-electron chi connectivity index (χ0n) is 17.6. The maximum absolute atomic E-state index is 13.2. The number of rotatable bonds is 3. The van der Waals surface area contributed by atoms with Crippen LogP contribution in [-0.2, 0) is 20.4 Å². The Labute approximate surface area is 169 Å². The second-order valence-corrected chi connectivity index (χ2v) is 8.67. The minimum atomic E-state index is -4.44. The maximum Gasteiger partial charge on any atom is 0.416 e. The first kappa shape index (κ1) is 23.2. The van der Waals surface area contributed by atoms with Gasteiger partial charge in [-0.3, -0.25) is 0 Å². The van der Waals surface area contributed by atoms with Crippen LogP contribution in [0, 0.1) is 6.92 Å². The SMILES string of the molecule is Cc1ccc(/C=C/C2(NC(=O)OC(C)(C)C)COC(C)(C)OC2)cc1C(F)(F)F. The molecule has 1 N–H and O–H groups in total. The van der Waals surface area contributed by atoms with Crippen LogP contribution in [0.25, 0.3) is 6.08 Å². The first-order valence-corrected chi connectivity index (χ1v) is 9.27. The van der Waals surface area contributed by atoms with E-state index in [1.807, 2.05) is 0 Å². The third-order valence-corrected chi connectivity index (χ3v) is 4.27. The summed E-state index contributed by atoms with van der Waals surface area (Å²) in [4.78, 5) is 12.3. The molecule has 0 unspecified atom stereocenters. The predicted octanol–water partition coefficient (Wildman–Crippen LogP) is 5.07. The zero-order valence-corrected chi connectivity index (χ0v) is 17.6. The lowest BCUT2D eigenvalue weighted by molar-refractivity contribution is -0.263. The number of aryl methyl sites for hydroxylation is 1. The molecule has 0 radical (unpaired) electrons. The summed E-state index contributed by atoms with van der Waals surface area (Å²) in [6.07, 6.45) is -2.02. The number of hydrogen-bond acceptors (Lipinski definition) is 4. The average molecular weight is 415 g/mol. The molecule has 0 aromatic heterocycles. The molecule has 162 valence electrons. The second kappa shape index (κ2) is 7.99. The van der Waals surface area contributed by atoms with Crippen LogP contribution in [0.4, 0.5) is 18.0 Å². The van der Waals surface area contributed by atoms with Crippen molar-refractivity contribution in [3.8, 4) is 0 Å². The van der Waals surface area contributed by atoms with Crippen LogP contribution in [-0.4, -0.2) is 36.2 Å². The topological polar surface area (TPSA) is 56.8 Å². The van der Waals surface area contributed by atoms with Gasteiger partial charge in [-0.2, -0.15) is 13.2 Å². The number of ether oxygens (including phenoxy) is 3. The summed E-state index contributed by atoms with van der Waals surface area (Å²) in [7, 11) is 0. The van der Waals surface area contributed by atoms with Gasteiger partial charge in [0.2, 0.25) is 0 Å². The standard InChI is InChI=1S/C21H28F3NO4/c1-14-7-8-15(11-16(14)21(22,23)24)9-10-20(12-27-19(5,6)28-13-20)25-17(26)29-18(2,3)4/h7-11H,12-13H2,1-6H3,(H,25,26)/b10-9+. The lowest BCUT2D eigenvalue weighted by Gasteiger charge is -2.42. The van der Waals surface area contributed by atoms with Crippen LogP contribution in [0.2, 0.25) is 0 Å². The molecule has 0 bridgehead atoms. The van der Waals surface area contributed by atoms with E-state index < -0.39 is 34.8 Å². The van der Waals surface area contributed by atoms with Gasteiger partial charge in [0.25, 0.3) is 0 Å². The molecule has 1 aromatic carbocycles. The van der Waals surface area contributed by atoms with Crippen molar-refractivity contribution in [3.05, 3.63) is 41.0 Å². The number of alkyl carbamates (subject to hydrolysis) is 1. The van der Waals surface area contributed by atoms with E-state index in [9.17, 15) is 18.0 Å². The summed E-state index contributed by atoms with van der Waals surface area (Å²) in [6, 6.07) is 4.06. The molecule has 0 spiro atoms. The van der Waals surface area contributed by atoms with Crippen molar-refractivity contribution in [1.29, 1.82) is 0 Å². The Balaban J connectivity index is 2.30. The van der Waals surface area contributed by atoms with E-state index in [1.165, 1.54) is 19.1 Å². The normalized spacial score (nSPS) is 19.2. The monoisotopic (exact) mass is 415 g/mol. The number of benzene rings is 1. The first-order valence-electron chi connectivity index (χ1n) is 9.27. The van der Waals surface area contributed by atoms with Crippen molar-refractivity contribution in [2.45, 2.75) is 64.6 Å². The molecule has 0 atom stereocenters. The highest BCUT2D eigenvalue weighted by molar-refractivity contribution is 5.70. The summed E-state index contributed by atoms with van der Waals surface area (Å²) >= 11 is 0. The number of carbonyl (C=O) groups excluding carboxylic acids is 1. The fraction of sp³-hybridized carbons (Fsp3) is 0.571. The van der Waals surface area contributed by atoms with Gasteiger partial charge in [-0.25, -0.2) is 4.79 Å². The van der Waals surface area contributed by atoms with Crippen molar-refractivity contribution >= 4 is 12.2 Å². The van der Waals surface area contributed by atoms with E-state index in [1.54, 1.807) is 46.8 Å². The summed E-state index contributed by atoms with van der Waals surface area (Å²) in [5.41, 5.74) is -2.00. The number of nitrogens with one attached hydrogen (secondary N) is 1. The van der Waals surface area contributed by atoms with Gasteiger partial charge in [0.15, 0.2) is 5.79 Å². The Morgan fingerprint density at radius 2 is 1.76 bits per heavy atom. The molecule has 5 nitrogen and oxygen atoms in total. The van der Waals surface area contributed by atoms with E-state index in [-0.39, 0.29) is 18.8 Å². The highest BCUT2D eigenvalue weighted by Gasteiger charge is 2.40. The molecule has 0 saturated carbocycles. The van der Waals surface area contributed by atoms with Crippen molar-refractivity contribution in [3.63, 3.8) is 0 Å². The van der Waals surface area contributed by atoms with Crippen molar-refractivity contribution in [2.24, 2.45) is 0 Å². The Kier molecular flexibility index (Phi) is 6.40. The molecule has 8 heteroatoms. The smallest absolute Gasteiger partial charge is 0.416 e. The summed E-state index contributed by atoms with van der Waals surface area (Å²) in [5.74, 6) is -0.833. The van der Waals surface area contributed by atoms with Gasteiger partial charge < -0.3 is 19.5 Å².